The average Bonchev–Trinajstić information content (AvgIpc) is 3.71. The van der Waals surface area contributed by atoms with Gasteiger partial charge in [-0.2, -0.15) is 0 Å². The number of amides is 4. The number of aromatic nitrogens is 1. The van der Waals surface area contributed by atoms with E-state index in [0.717, 1.165) is 0 Å². The first-order chi connectivity index (χ1) is 21.9. The maximum atomic E-state index is 13.4. The number of nitrogens with two attached hydrogens (primary N) is 1. The molecule has 45 heavy (non-hydrogen) atoms. The van der Waals surface area contributed by atoms with Gasteiger partial charge in [-0.1, -0.05) is 18.2 Å². The summed E-state index contributed by atoms with van der Waals surface area (Å²) in [6.45, 7) is 0.244. The molecule has 4 amide bonds. The molecule has 0 unspecified atom stereocenters. The second-order valence-corrected chi connectivity index (χ2v) is 9.84. The van der Waals surface area contributed by atoms with Gasteiger partial charge >= 0.3 is 12.1 Å². The van der Waals surface area contributed by atoms with Crippen LogP contribution in [0.5, 0.6) is 23.0 Å². The minimum atomic E-state index is -0.707. The molecule has 2 aliphatic rings. The predicted molar refractivity (Wildman–Crippen MR) is 163 cm³/mol. The lowest BCUT2D eigenvalue weighted by molar-refractivity contribution is 0.102. The van der Waals surface area contributed by atoms with Crippen molar-refractivity contribution in [2.24, 2.45) is 0 Å². The fourth-order valence-corrected chi connectivity index (χ4v) is 4.48. The van der Waals surface area contributed by atoms with E-state index in [1.54, 1.807) is 72.8 Å². The maximum absolute atomic E-state index is 13.4. The third-order valence-electron chi connectivity index (χ3n) is 6.76. The zero-order chi connectivity index (χ0) is 31.2. The van der Waals surface area contributed by atoms with E-state index >= 15 is 0 Å². The summed E-state index contributed by atoms with van der Waals surface area (Å²) >= 11 is 0. The summed E-state index contributed by atoms with van der Waals surface area (Å²) in [5.74, 6) is 1.76. The highest BCUT2D eigenvalue weighted by atomic mass is 16.7. The zero-order valence-corrected chi connectivity index (χ0v) is 23.8. The van der Waals surface area contributed by atoms with Gasteiger partial charge in [0, 0.05) is 36.2 Å². The average molecular weight is 613 g/mol. The van der Waals surface area contributed by atoms with Crippen LogP contribution in [-0.2, 0) is 11.3 Å². The van der Waals surface area contributed by atoms with Crippen LogP contribution in [0.25, 0.3) is 0 Å². The van der Waals surface area contributed by atoms with Crippen LogP contribution in [0.4, 0.5) is 32.3 Å². The van der Waals surface area contributed by atoms with Crippen molar-refractivity contribution in [3.63, 3.8) is 0 Å². The van der Waals surface area contributed by atoms with Gasteiger partial charge in [0.1, 0.15) is 12.3 Å². The number of hydrogen-bond acceptors (Lipinski definition) is 10. The van der Waals surface area contributed by atoms with Crippen LogP contribution in [0.15, 0.2) is 79.0 Å². The predicted octanol–water partition coefficient (Wildman–Crippen LogP) is 4.66. The van der Waals surface area contributed by atoms with Crippen molar-refractivity contribution in [2.45, 2.75) is 6.54 Å². The summed E-state index contributed by atoms with van der Waals surface area (Å²) in [5.41, 5.74) is 8.58. The minimum absolute atomic E-state index is 0.0421. The largest absolute Gasteiger partial charge is 0.454 e. The first kappa shape index (κ1) is 28.9. The Morgan fingerprint density at radius 1 is 0.800 bits per heavy atom. The first-order valence-corrected chi connectivity index (χ1v) is 13.8. The van der Waals surface area contributed by atoms with Crippen LogP contribution < -0.4 is 40.6 Å². The lowest BCUT2D eigenvalue weighted by atomic mass is 10.2. The summed E-state index contributed by atoms with van der Waals surface area (Å²) in [6, 6.07) is 19.7. The van der Waals surface area contributed by atoms with Gasteiger partial charge in [0.05, 0.1) is 17.9 Å². The van der Waals surface area contributed by atoms with E-state index in [9.17, 15) is 14.4 Å². The van der Waals surface area contributed by atoms with E-state index in [0.29, 0.717) is 51.3 Å². The fourth-order valence-electron chi connectivity index (χ4n) is 4.48. The molecule has 2 aliphatic heterocycles. The number of hydrogen-bond donors (Lipinski definition) is 4. The standard InChI is InChI=1S/C31H28N6O8/c32-22-3-1-2-4-23(22)36-29(38)24-8-5-19(15-33-24)16-37(30(39)34-20-6-9-25-27(13-20)44-17-42-25)11-12-41-31(40)35-21-7-10-26-28(14-21)45-18-43-26/h1-10,13-15H,11-12,16-18,32H2,(H,34,39)(H,35,40)(H,36,38). The monoisotopic (exact) mass is 612 g/mol. The Bertz CT molecular complexity index is 1730. The summed E-state index contributed by atoms with van der Waals surface area (Å²) < 4.78 is 26.7. The van der Waals surface area contributed by atoms with E-state index in [4.69, 9.17) is 29.4 Å². The summed E-state index contributed by atoms with van der Waals surface area (Å²) in [7, 11) is 0. The van der Waals surface area contributed by atoms with Crippen molar-refractivity contribution in [1.82, 2.24) is 9.88 Å². The molecule has 230 valence electrons. The van der Waals surface area contributed by atoms with Gasteiger partial charge in [-0.3, -0.25) is 15.1 Å². The van der Waals surface area contributed by atoms with Crippen LogP contribution >= 0.6 is 0 Å². The normalized spacial score (nSPS) is 12.3. The molecule has 3 heterocycles. The number of urea groups is 1. The molecule has 0 fully saturated rings. The van der Waals surface area contributed by atoms with Crippen molar-refractivity contribution < 1.29 is 38.1 Å². The molecule has 5 N–H and O–H groups in total. The Hall–Kier alpha value is -6.18. The maximum Gasteiger partial charge on any atom is 0.411 e. The number of rotatable bonds is 9. The number of benzene rings is 3. The van der Waals surface area contributed by atoms with Crippen LogP contribution in [0.1, 0.15) is 16.1 Å². The molecule has 0 bridgehead atoms. The molecule has 14 nitrogen and oxygen atoms in total. The number of carbonyl (C=O) groups is 3. The van der Waals surface area contributed by atoms with Gasteiger partial charge in [-0.25, -0.2) is 9.59 Å². The van der Waals surface area contributed by atoms with E-state index in [1.807, 2.05) is 0 Å². The SMILES string of the molecule is Nc1ccccc1NC(=O)c1ccc(CN(CCOC(=O)Nc2ccc3c(c2)OCO3)C(=O)Nc2ccc3c(c2)OCO3)cn1. The van der Waals surface area contributed by atoms with Crippen molar-refractivity contribution in [3.8, 4) is 23.0 Å². The number of anilines is 4. The molecule has 0 atom stereocenters. The first-order valence-electron chi connectivity index (χ1n) is 13.8. The molecule has 3 aromatic carbocycles. The molecule has 14 heteroatoms. The molecule has 4 aromatic rings. The number of ether oxygens (including phenoxy) is 5. The lowest BCUT2D eigenvalue weighted by Crippen LogP contribution is -2.37. The number of pyridine rings is 1. The minimum Gasteiger partial charge on any atom is -0.454 e. The van der Waals surface area contributed by atoms with Crippen molar-refractivity contribution in [2.75, 3.05) is 48.4 Å². The number of para-hydroxylation sites is 2. The van der Waals surface area contributed by atoms with Gasteiger partial charge in [0.15, 0.2) is 23.0 Å². The highest BCUT2D eigenvalue weighted by Crippen LogP contribution is 2.35. The van der Waals surface area contributed by atoms with E-state index in [2.05, 4.69) is 20.9 Å². The fraction of sp³-hybridized carbons (Fsp3) is 0.161. The van der Waals surface area contributed by atoms with Crippen LogP contribution in [0.3, 0.4) is 0 Å². The van der Waals surface area contributed by atoms with E-state index < -0.39 is 18.0 Å². The van der Waals surface area contributed by atoms with Crippen molar-refractivity contribution in [1.29, 1.82) is 0 Å². The summed E-state index contributed by atoms with van der Waals surface area (Å²) in [5, 5.41) is 8.19. The molecule has 0 aliphatic carbocycles. The van der Waals surface area contributed by atoms with E-state index in [-0.39, 0.29) is 39.0 Å². The zero-order valence-electron chi connectivity index (χ0n) is 23.8. The number of nitrogens with one attached hydrogen (secondary N) is 3. The number of nitrogens with zero attached hydrogens (tertiary/aromatic N) is 2. The van der Waals surface area contributed by atoms with Crippen molar-refractivity contribution >= 4 is 40.8 Å². The Kier molecular flexibility index (Phi) is 8.35. The number of carbonyl (C=O) groups excluding carboxylic acids is 3. The van der Waals surface area contributed by atoms with Crippen molar-refractivity contribution in [3.05, 3.63) is 90.3 Å². The van der Waals surface area contributed by atoms with Gasteiger partial charge in [0.2, 0.25) is 13.6 Å². The number of fused-ring (bicyclic) bond motifs is 2. The Balaban J connectivity index is 1.10. The molecule has 0 saturated heterocycles. The topological polar surface area (TPSA) is 176 Å². The van der Waals surface area contributed by atoms with Crippen LogP contribution in [0.2, 0.25) is 0 Å². The second-order valence-electron chi connectivity index (χ2n) is 9.84. The van der Waals surface area contributed by atoms with Gasteiger partial charge in [-0.15, -0.1) is 0 Å². The second kappa shape index (κ2) is 13.0. The summed E-state index contributed by atoms with van der Waals surface area (Å²) in [4.78, 5) is 44.2. The Morgan fingerprint density at radius 2 is 1.47 bits per heavy atom. The highest BCUT2D eigenvalue weighted by Gasteiger charge is 2.20. The van der Waals surface area contributed by atoms with E-state index in [1.165, 1.54) is 11.1 Å². The summed E-state index contributed by atoms with van der Waals surface area (Å²) in [6.07, 6.45) is 0.790. The van der Waals surface area contributed by atoms with Gasteiger partial charge < -0.3 is 45.0 Å². The highest BCUT2D eigenvalue weighted by molar-refractivity contribution is 6.04. The van der Waals surface area contributed by atoms with Gasteiger partial charge in [-0.05, 0) is 48.0 Å². The molecular weight excluding hydrogens is 584 g/mol. The smallest absolute Gasteiger partial charge is 0.411 e. The van der Waals surface area contributed by atoms with Gasteiger partial charge in [0.25, 0.3) is 5.91 Å². The molecule has 0 spiro atoms. The molecular formula is C31H28N6O8. The molecule has 0 radical (unpaired) electrons. The molecule has 6 rings (SSSR count). The quantitative estimate of drug-likeness (QED) is 0.195. The Labute approximate surface area is 257 Å². The number of nitrogen functional groups attached to an aromatic ring is 1. The van der Waals surface area contributed by atoms with Crippen LogP contribution in [0, 0.1) is 0 Å². The third kappa shape index (κ3) is 7.07. The molecule has 0 saturated carbocycles. The lowest BCUT2D eigenvalue weighted by Gasteiger charge is -2.23. The Morgan fingerprint density at radius 3 is 2.13 bits per heavy atom. The molecule has 1 aromatic heterocycles. The third-order valence-corrected chi connectivity index (χ3v) is 6.76. The van der Waals surface area contributed by atoms with Crippen LogP contribution in [-0.4, -0.2) is 54.7 Å².